The molecule has 114 valence electrons. The van der Waals surface area contributed by atoms with Gasteiger partial charge in [0.25, 0.3) is 10.0 Å². The molecule has 1 aliphatic carbocycles. The van der Waals surface area contributed by atoms with Gasteiger partial charge in [-0.25, -0.2) is 18.4 Å². The molecule has 0 spiro atoms. The fourth-order valence-electron chi connectivity index (χ4n) is 2.24. The highest BCUT2D eigenvalue weighted by Gasteiger charge is 2.39. The van der Waals surface area contributed by atoms with Crippen molar-refractivity contribution in [1.29, 1.82) is 0 Å². The zero-order chi connectivity index (χ0) is 15.0. The molecule has 2 heterocycles. The molecule has 0 aromatic carbocycles. The highest BCUT2D eigenvalue weighted by atomic mass is 32.2. The summed E-state index contributed by atoms with van der Waals surface area (Å²) in [7, 11) is -1.69. The topological polar surface area (TPSA) is 83.9 Å². The largest absolute Gasteiger partial charge is 0.337 e. The van der Waals surface area contributed by atoms with Crippen LogP contribution >= 0.6 is 0 Å². The van der Waals surface area contributed by atoms with Crippen molar-refractivity contribution in [2.24, 2.45) is 7.05 Å². The molecule has 8 heteroatoms. The first kappa shape index (κ1) is 14.3. The zero-order valence-electron chi connectivity index (χ0n) is 12.2. The molecule has 2 aromatic rings. The number of nitrogens with zero attached hydrogens (tertiary/aromatic N) is 4. The third kappa shape index (κ3) is 2.73. The van der Waals surface area contributed by atoms with Gasteiger partial charge in [0.2, 0.25) is 0 Å². The van der Waals surface area contributed by atoms with Gasteiger partial charge in [-0.2, -0.15) is 4.31 Å². The van der Waals surface area contributed by atoms with E-state index in [1.54, 1.807) is 6.20 Å². The van der Waals surface area contributed by atoms with Gasteiger partial charge in [0.05, 0.1) is 12.7 Å². The minimum Gasteiger partial charge on any atom is -0.337 e. The lowest BCUT2D eigenvalue weighted by Crippen LogP contribution is -2.33. The van der Waals surface area contributed by atoms with Crippen LogP contribution < -0.4 is 0 Å². The van der Waals surface area contributed by atoms with Gasteiger partial charge in [-0.05, 0) is 12.8 Å². The van der Waals surface area contributed by atoms with Crippen LogP contribution in [0.4, 0.5) is 0 Å². The summed E-state index contributed by atoms with van der Waals surface area (Å²) in [5, 5.41) is 0.167. The van der Waals surface area contributed by atoms with Crippen molar-refractivity contribution in [2.45, 2.75) is 43.8 Å². The van der Waals surface area contributed by atoms with Gasteiger partial charge in [-0.15, -0.1) is 0 Å². The number of hydrogen-bond donors (Lipinski definition) is 1. The number of aromatic nitrogens is 4. The molecule has 1 saturated carbocycles. The maximum atomic E-state index is 12.8. The molecule has 1 aliphatic rings. The van der Waals surface area contributed by atoms with E-state index in [1.165, 1.54) is 10.5 Å². The van der Waals surface area contributed by atoms with Crippen LogP contribution in [-0.4, -0.2) is 38.3 Å². The quantitative estimate of drug-likeness (QED) is 0.865. The third-order valence-corrected chi connectivity index (χ3v) is 5.51. The lowest BCUT2D eigenvalue weighted by Gasteiger charge is -2.20. The van der Waals surface area contributed by atoms with Crippen LogP contribution in [-0.2, 0) is 30.0 Å². The van der Waals surface area contributed by atoms with Gasteiger partial charge in [-0.1, -0.05) is 6.92 Å². The Bertz CT molecular complexity index is 729. The molecule has 0 unspecified atom stereocenters. The van der Waals surface area contributed by atoms with Crippen LogP contribution in [0.2, 0.25) is 0 Å². The van der Waals surface area contributed by atoms with E-state index in [-0.39, 0.29) is 17.6 Å². The van der Waals surface area contributed by atoms with E-state index < -0.39 is 10.0 Å². The highest BCUT2D eigenvalue weighted by molar-refractivity contribution is 7.89. The fourth-order valence-corrected chi connectivity index (χ4v) is 3.82. The third-order valence-electron chi connectivity index (χ3n) is 3.70. The first-order chi connectivity index (χ1) is 10.0. The molecule has 21 heavy (non-hydrogen) atoms. The van der Waals surface area contributed by atoms with Crippen molar-refractivity contribution >= 4 is 10.0 Å². The molecular formula is C13H19N5O2S. The maximum Gasteiger partial charge on any atom is 0.260 e. The molecule has 0 aliphatic heterocycles. The number of sulfonamides is 1. The van der Waals surface area contributed by atoms with Gasteiger partial charge < -0.3 is 9.55 Å². The summed E-state index contributed by atoms with van der Waals surface area (Å²) in [5.41, 5.74) is 0. The Hall–Kier alpha value is -1.67. The molecule has 0 radical (unpaired) electrons. The van der Waals surface area contributed by atoms with Crippen LogP contribution in [0.25, 0.3) is 0 Å². The molecule has 0 bridgehead atoms. The van der Waals surface area contributed by atoms with Gasteiger partial charge in [-0.3, -0.25) is 0 Å². The van der Waals surface area contributed by atoms with Crippen molar-refractivity contribution in [3.8, 4) is 0 Å². The minimum absolute atomic E-state index is 0.0695. The molecule has 0 amide bonds. The smallest absolute Gasteiger partial charge is 0.260 e. The Kier molecular flexibility index (Phi) is 3.58. The summed E-state index contributed by atoms with van der Waals surface area (Å²) in [6.45, 7) is 2.22. The van der Waals surface area contributed by atoms with Crippen LogP contribution in [0.1, 0.15) is 31.4 Å². The Morgan fingerprint density at radius 2 is 2.19 bits per heavy atom. The number of aromatic amines is 1. The van der Waals surface area contributed by atoms with Crippen molar-refractivity contribution in [2.75, 3.05) is 0 Å². The predicted octanol–water partition coefficient (Wildman–Crippen LogP) is 1.06. The van der Waals surface area contributed by atoms with E-state index in [4.69, 9.17) is 0 Å². The number of hydrogen-bond acceptors (Lipinski definition) is 4. The minimum atomic E-state index is -3.56. The zero-order valence-corrected chi connectivity index (χ0v) is 13.0. The number of rotatable bonds is 6. The summed E-state index contributed by atoms with van der Waals surface area (Å²) in [6, 6.07) is 0.0695. The van der Waals surface area contributed by atoms with Gasteiger partial charge in [0.15, 0.2) is 5.03 Å². The van der Waals surface area contributed by atoms with Crippen LogP contribution in [0, 0.1) is 0 Å². The average molecular weight is 309 g/mol. The summed E-state index contributed by atoms with van der Waals surface area (Å²) in [4.78, 5) is 11.2. The van der Waals surface area contributed by atoms with E-state index in [9.17, 15) is 8.42 Å². The summed E-state index contributed by atoms with van der Waals surface area (Å²) in [6.07, 6.45) is 7.38. The molecule has 7 nitrogen and oxygen atoms in total. The lowest BCUT2D eigenvalue weighted by atomic mass is 10.5. The Labute approximate surface area is 124 Å². The Balaban J connectivity index is 1.91. The second-order valence-electron chi connectivity index (χ2n) is 5.28. The summed E-state index contributed by atoms with van der Waals surface area (Å²) < 4.78 is 29.0. The molecule has 0 saturated heterocycles. The average Bonchev–Trinajstić information content (AvgIpc) is 3.01. The Morgan fingerprint density at radius 1 is 1.43 bits per heavy atom. The summed E-state index contributed by atoms with van der Waals surface area (Å²) in [5.74, 6) is 1.42. The first-order valence-corrected chi connectivity index (χ1v) is 8.48. The number of aryl methyl sites for hydroxylation is 2. The maximum absolute atomic E-state index is 12.8. The normalized spacial score (nSPS) is 15.8. The van der Waals surface area contributed by atoms with Gasteiger partial charge >= 0.3 is 0 Å². The molecule has 1 fully saturated rings. The molecule has 3 rings (SSSR count). The van der Waals surface area contributed by atoms with E-state index >= 15 is 0 Å². The first-order valence-electron chi connectivity index (χ1n) is 7.04. The van der Waals surface area contributed by atoms with E-state index in [0.29, 0.717) is 12.2 Å². The molecule has 1 N–H and O–H groups in total. The van der Waals surface area contributed by atoms with E-state index in [2.05, 4.69) is 15.0 Å². The van der Waals surface area contributed by atoms with E-state index in [0.717, 1.165) is 18.7 Å². The monoisotopic (exact) mass is 309 g/mol. The standard InChI is InChI=1S/C13H19N5O2S/c1-3-11-15-8-13(16-11)21(19,20)18(10-4-5-10)9-12-14-6-7-17(12)2/h6-8,10H,3-5,9H2,1-2H3,(H,15,16). The molecular weight excluding hydrogens is 290 g/mol. The van der Waals surface area contributed by atoms with Crippen LogP contribution in [0.5, 0.6) is 0 Å². The number of imidazole rings is 2. The number of H-pyrrole nitrogens is 1. The van der Waals surface area contributed by atoms with Crippen molar-refractivity contribution in [3.05, 3.63) is 30.2 Å². The second kappa shape index (κ2) is 5.27. The fraction of sp³-hybridized carbons (Fsp3) is 0.538. The number of nitrogens with one attached hydrogen (secondary N) is 1. The Morgan fingerprint density at radius 3 is 2.71 bits per heavy atom. The highest BCUT2D eigenvalue weighted by Crippen LogP contribution is 2.32. The van der Waals surface area contributed by atoms with Crippen molar-refractivity contribution < 1.29 is 8.42 Å². The van der Waals surface area contributed by atoms with E-state index in [1.807, 2.05) is 24.7 Å². The predicted molar refractivity (Wildman–Crippen MR) is 76.9 cm³/mol. The molecule has 0 atom stereocenters. The SMILES string of the molecule is CCc1ncc(S(=O)(=O)N(Cc2nccn2C)C2CC2)[nH]1. The molecule has 2 aromatic heterocycles. The second-order valence-corrected chi connectivity index (χ2v) is 7.14. The van der Waals surface area contributed by atoms with Crippen LogP contribution in [0.3, 0.4) is 0 Å². The van der Waals surface area contributed by atoms with Gasteiger partial charge in [0.1, 0.15) is 11.6 Å². The van der Waals surface area contributed by atoms with Crippen molar-refractivity contribution in [3.63, 3.8) is 0 Å². The van der Waals surface area contributed by atoms with Crippen LogP contribution in [0.15, 0.2) is 23.6 Å². The van der Waals surface area contributed by atoms with Crippen molar-refractivity contribution in [1.82, 2.24) is 23.8 Å². The van der Waals surface area contributed by atoms with Gasteiger partial charge in [0, 0.05) is 31.9 Å². The summed E-state index contributed by atoms with van der Waals surface area (Å²) >= 11 is 0. The lowest BCUT2D eigenvalue weighted by molar-refractivity contribution is 0.384.